The van der Waals surface area contributed by atoms with Crippen LogP contribution in [0.2, 0.25) is 0 Å². The average Bonchev–Trinajstić information content (AvgIpc) is 2.67. The number of hydrogen-bond acceptors (Lipinski definition) is 3. The molecule has 0 aromatic rings. The van der Waals surface area contributed by atoms with Crippen molar-refractivity contribution in [3.8, 4) is 0 Å². The molecular weight excluding hydrogens is 226 g/mol. The van der Waals surface area contributed by atoms with Gasteiger partial charge in [0.05, 0.1) is 12.2 Å². The lowest BCUT2D eigenvalue weighted by atomic mass is 10.1. The number of rotatable bonds is 4. The zero-order valence-electron chi connectivity index (χ0n) is 12.0. The normalized spacial score (nSPS) is 31.9. The zero-order chi connectivity index (χ0) is 13.1. The van der Waals surface area contributed by atoms with E-state index in [1.807, 2.05) is 4.90 Å². The van der Waals surface area contributed by atoms with Crippen LogP contribution in [0.3, 0.4) is 0 Å². The Morgan fingerprint density at radius 1 is 1.33 bits per heavy atom. The van der Waals surface area contributed by atoms with E-state index in [-0.39, 0.29) is 18.1 Å². The first-order valence-corrected chi connectivity index (χ1v) is 7.44. The van der Waals surface area contributed by atoms with Crippen LogP contribution in [0.5, 0.6) is 0 Å². The van der Waals surface area contributed by atoms with Gasteiger partial charge in [-0.3, -0.25) is 15.0 Å². The van der Waals surface area contributed by atoms with Gasteiger partial charge < -0.3 is 4.90 Å². The lowest BCUT2D eigenvalue weighted by molar-refractivity contribution is -0.130. The molecule has 4 nitrogen and oxygen atoms in total. The van der Waals surface area contributed by atoms with Crippen molar-refractivity contribution in [3.63, 3.8) is 0 Å². The minimum atomic E-state index is 0.0357. The van der Waals surface area contributed by atoms with Crippen LogP contribution in [-0.2, 0) is 4.79 Å². The monoisotopic (exact) mass is 253 g/mol. The molecule has 18 heavy (non-hydrogen) atoms. The second-order valence-electron chi connectivity index (χ2n) is 5.74. The largest absolute Gasteiger partial charge is 0.325 e. The first kappa shape index (κ1) is 13.8. The highest BCUT2D eigenvalue weighted by Gasteiger charge is 2.36. The number of carbonyl (C=O) groups is 1. The second-order valence-corrected chi connectivity index (χ2v) is 5.74. The highest BCUT2D eigenvalue weighted by atomic mass is 16.2. The molecule has 3 atom stereocenters. The Bertz CT molecular complexity index is 289. The average molecular weight is 253 g/mol. The Kier molecular flexibility index (Phi) is 4.62. The van der Waals surface area contributed by atoms with Crippen LogP contribution in [0, 0.1) is 0 Å². The third-order valence-electron chi connectivity index (χ3n) is 4.37. The molecule has 2 aliphatic rings. The lowest BCUT2D eigenvalue weighted by Gasteiger charge is -2.35. The Hall–Kier alpha value is -0.610. The minimum Gasteiger partial charge on any atom is -0.325 e. The van der Waals surface area contributed by atoms with E-state index < -0.39 is 0 Å². The van der Waals surface area contributed by atoms with Gasteiger partial charge in [0, 0.05) is 12.6 Å². The Morgan fingerprint density at radius 2 is 2.00 bits per heavy atom. The molecule has 1 amide bonds. The van der Waals surface area contributed by atoms with Crippen LogP contribution in [0.25, 0.3) is 0 Å². The van der Waals surface area contributed by atoms with E-state index in [2.05, 4.69) is 31.0 Å². The van der Waals surface area contributed by atoms with E-state index in [0.29, 0.717) is 6.04 Å². The summed E-state index contributed by atoms with van der Waals surface area (Å²) in [7, 11) is 0. The van der Waals surface area contributed by atoms with Gasteiger partial charge in [0.1, 0.15) is 0 Å². The van der Waals surface area contributed by atoms with Crippen molar-refractivity contribution in [2.75, 3.05) is 19.6 Å². The number of piperidine rings is 1. The smallest absolute Gasteiger partial charge is 0.241 e. The number of carbonyl (C=O) groups excluding carboxylic acids is 1. The molecule has 0 bridgehead atoms. The van der Waals surface area contributed by atoms with Crippen molar-refractivity contribution in [3.05, 3.63) is 0 Å². The molecule has 2 saturated heterocycles. The molecule has 2 aliphatic heterocycles. The van der Waals surface area contributed by atoms with Gasteiger partial charge in [0.2, 0.25) is 5.91 Å². The summed E-state index contributed by atoms with van der Waals surface area (Å²) in [5.74, 6) is 0.286. The molecule has 0 spiro atoms. The molecule has 4 heteroatoms. The van der Waals surface area contributed by atoms with Gasteiger partial charge in [0.15, 0.2) is 0 Å². The maximum atomic E-state index is 12.2. The van der Waals surface area contributed by atoms with Crippen LogP contribution in [0.1, 0.15) is 46.5 Å². The maximum absolute atomic E-state index is 12.2. The van der Waals surface area contributed by atoms with Gasteiger partial charge in [-0.15, -0.1) is 0 Å². The predicted molar refractivity (Wildman–Crippen MR) is 73.3 cm³/mol. The van der Waals surface area contributed by atoms with E-state index in [9.17, 15) is 4.79 Å². The molecule has 104 valence electrons. The molecule has 2 fully saturated rings. The summed E-state index contributed by atoms with van der Waals surface area (Å²) in [6.07, 6.45) is 5.06. The number of nitrogens with one attached hydrogen (secondary N) is 1. The summed E-state index contributed by atoms with van der Waals surface area (Å²) in [5.41, 5.74) is 0. The van der Waals surface area contributed by atoms with Crippen LogP contribution in [0.4, 0.5) is 0 Å². The summed E-state index contributed by atoms with van der Waals surface area (Å²) in [5, 5.41) is 3.37. The van der Waals surface area contributed by atoms with Crippen molar-refractivity contribution in [2.45, 2.75) is 64.7 Å². The van der Waals surface area contributed by atoms with Crippen molar-refractivity contribution < 1.29 is 4.79 Å². The highest BCUT2D eigenvalue weighted by molar-refractivity contribution is 5.84. The van der Waals surface area contributed by atoms with Gasteiger partial charge in [-0.05, 0) is 46.2 Å². The van der Waals surface area contributed by atoms with Gasteiger partial charge in [-0.2, -0.15) is 0 Å². The highest BCUT2D eigenvalue weighted by Crippen LogP contribution is 2.17. The SMILES string of the molecule is CCC1NC(C)N(CC(C)N2CCCCC2)C1=O. The lowest BCUT2D eigenvalue weighted by Crippen LogP contribution is -2.47. The number of hydrogen-bond donors (Lipinski definition) is 1. The summed E-state index contributed by atoms with van der Waals surface area (Å²) < 4.78 is 0. The second kappa shape index (κ2) is 6.02. The van der Waals surface area contributed by atoms with Crippen molar-refractivity contribution in [2.24, 2.45) is 0 Å². The minimum absolute atomic E-state index is 0.0357. The van der Waals surface area contributed by atoms with E-state index in [4.69, 9.17) is 0 Å². The molecule has 0 saturated carbocycles. The number of amides is 1. The summed E-state index contributed by atoms with van der Waals surface area (Å²) >= 11 is 0. The molecule has 0 aromatic carbocycles. The molecule has 0 radical (unpaired) electrons. The van der Waals surface area contributed by atoms with Crippen molar-refractivity contribution >= 4 is 5.91 Å². The van der Waals surface area contributed by atoms with E-state index >= 15 is 0 Å². The maximum Gasteiger partial charge on any atom is 0.241 e. The number of likely N-dealkylation sites (tertiary alicyclic amines) is 1. The number of nitrogens with zero attached hydrogens (tertiary/aromatic N) is 2. The van der Waals surface area contributed by atoms with E-state index in [1.165, 1.54) is 32.4 Å². The topological polar surface area (TPSA) is 35.6 Å². The van der Waals surface area contributed by atoms with Gasteiger partial charge in [-0.1, -0.05) is 13.3 Å². The molecule has 2 rings (SSSR count). The van der Waals surface area contributed by atoms with Gasteiger partial charge >= 0.3 is 0 Å². The van der Waals surface area contributed by atoms with E-state index in [1.54, 1.807) is 0 Å². The fraction of sp³-hybridized carbons (Fsp3) is 0.929. The van der Waals surface area contributed by atoms with Gasteiger partial charge in [-0.25, -0.2) is 0 Å². The van der Waals surface area contributed by atoms with Crippen LogP contribution in [-0.4, -0.2) is 53.6 Å². The molecule has 0 aliphatic carbocycles. The molecule has 0 aromatic heterocycles. The summed E-state index contributed by atoms with van der Waals surface area (Å²) in [6.45, 7) is 9.68. The fourth-order valence-corrected chi connectivity index (χ4v) is 3.14. The van der Waals surface area contributed by atoms with Crippen LogP contribution in [0.15, 0.2) is 0 Å². The predicted octanol–water partition coefficient (Wildman–Crippen LogP) is 1.42. The third kappa shape index (κ3) is 2.86. The quantitative estimate of drug-likeness (QED) is 0.823. The standard InChI is InChI=1S/C14H27N3O/c1-4-13-14(18)17(12(3)15-13)10-11(2)16-8-6-5-7-9-16/h11-13,15H,4-10H2,1-3H3. The first-order chi connectivity index (χ1) is 8.63. The van der Waals surface area contributed by atoms with Crippen molar-refractivity contribution in [1.82, 2.24) is 15.1 Å². The van der Waals surface area contributed by atoms with E-state index in [0.717, 1.165) is 13.0 Å². The Morgan fingerprint density at radius 3 is 2.56 bits per heavy atom. The molecule has 3 unspecified atom stereocenters. The summed E-state index contributed by atoms with van der Waals surface area (Å²) in [6, 6.07) is 0.516. The Balaban J connectivity index is 1.89. The Labute approximate surface area is 111 Å². The summed E-state index contributed by atoms with van der Waals surface area (Å²) in [4.78, 5) is 16.8. The molecular formula is C14H27N3O. The fourth-order valence-electron chi connectivity index (χ4n) is 3.14. The first-order valence-electron chi connectivity index (χ1n) is 7.44. The third-order valence-corrected chi connectivity index (χ3v) is 4.37. The van der Waals surface area contributed by atoms with Crippen LogP contribution < -0.4 is 5.32 Å². The zero-order valence-corrected chi connectivity index (χ0v) is 12.0. The molecule has 1 N–H and O–H groups in total. The van der Waals surface area contributed by atoms with Crippen LogP contribution >= 0.6 is 0 Å². The van der Waals surface area contributed by atoms with Crippen molar-refractivity contribution in [1.29, 1.82) is 0 Å². The van der Waals surface area contributed by atoms with Gasteiger partial charge in [0.25, 0.3) is 0 Å². The molecule has 2 heterocycles.